The zero-order valence-electron chi connectivity index (χ0n) is 8.49. The summed E-state index contributed by atoms with van der Waals surface area (Å²) in [5.41, 5.74) is 0.493. The first-order valence-electron chi connectivity index (χ1n) is 4.31. The third kappa shape index (κ3) is 2.43. The van der Waals surface area contributed by atoms with Crippen molar-refractivity contribution in [2.45, 2.75) is 6.92 Å². The summed E-state index contributed by atoms with van der Waals surface area (Å²) in [5, 5.41) is 10.6. The summed E-state index contributed by atoms with van der Waals surface area (Å²) < 4.78 is 17.2. The van der Waals surface area contributed by atoms with Crippen LogP contribution in [0.25, 0.3) is 0 Å². The summed E-state index contributed by atoms with van der Waals surface area (Å²) in [4.78, 5) is 10.0. The number of benzene rings is 1. The van der Waals surface area contributed by atoms with E-state index in [-0.39, 0.29) is 11.4 Å². The molecule has 1 radical (unpaired) electrons. The molecule has 0 saturated heterocycles. The first-order valence-corrected chi connectivity index (χ1v) is 4.31. The third-order valence-electron chi connectivity index (χ3n) is 2.07. The minimum atomic E-state index is -0.582. The molecule has 1 aromatic carbocycles. The quantitative estimate of drug-likeness (QED) is 0.569. The number of nitro groups is 1. The molecule has 5 heteroatoms. The molecule has 81 valence electrons. The van der Waals surface area contributed by atoms with Gasteiger partial charge in [0.2, 0.25) is 0 Å². The lowest BCUT2D eigenvalue weighted by atomic mass is 10.0. The van der Waals surface area contributed by atoms with Gasteiger partial charge in [0.25, 0.3) is 0 Å². The van der Waals surface area contributed by atoms with E-state index in [0.717, 1.165) is 0 Å². The molecule has 0 spiro atoms. The van der Waals surface area contributed by atoms with Gasteiger partial charge in [-0.3, -0.25) is 14.5 Å². The van der Waals surface area contributed by atoms with Gasteiger partial charge < -0.3 is 4.74 Å². The molecule has 1 rings (SSSR count). The van der Waals surface area contributed by atoms with E-state index in [4.69, 9.17) is 4.74 Å². The highest BCUT2D eigenvalue weighted by molar-refractivity contribution is 5.51. The highest BCUT2D eigenvalue weighted by atomic mass is 19.1. The average Bonchev–Trinajstić information content (AvgIpc) is 2.26. The Bertz CT molecular complexity index is 368. The van der Waals surface area contributed by atoms with Crippen molar-refractivity contribution in [3.05, 3.63) is 39.8 Å². The maximum atomic E-state index is 12.4. The van der Waals surface area contributed by atoms with Crippen LogP contribution in [0.15, 0.2) is 18.2 Å². The topological polar surface area (TPSA) is 52.4 Å². The largest absolute Gasteiger partial charge is 0.490 e. The Morgan fingerprint density at radius 1 is 1.60 bits per heavy atom. The summed E-state index contributed by atoms with van der Waals surface area (Å²) in [7, 11) is 1.34. The Kier molecular flexibility index (Phi) is 3.60. The average molecular weight is 212 g/mol. The Morgan fingerprint density at radius 2 is 2.27 bits per heavy atom. The fraction of sp³-hybridized carbons (Fsp3) is 0.300. The minimum Gasteiger partial charge on any atom is -0.490 e. The Morgan fingerprint density at radius 3 is 2.73 bits per heavy atom. The van der Waals surface area contributed by atoms with Crippen LogP contribution in [0.5, 0.6) is 5.75 Å². The van der Waals surface area contributed by atoms with Crippen molar-refractivity contribution in [2.75, 3.05) is 13.8 Å². The van der Waals surface area contributed by atoms with Gasteiger partial charge in [-0.25, -0.2) is 0 Å². The van der Waals surface area contributed by atoms with E-state index in [9.17, 15) is 14.5 Å². The summed E-state index contributed by atoms with van der Waals surface area (Å²) in [5.74, 6) is 0.661. The van der Waals surface area contributed by atoms with Crippen LogP contribution in [0, 0.1) is 16.0 Å². The van der Waals surface area contributed by atoms with E-state index in [1.807, 2.05) is 0 Å². The number of nitro benzene ring substituents is 1. The molecule has 0 unspecified atom stereocenters. The molecule has 4 nitrogen and oxygen atoms in total. The van der Waals surface area contributed by atoms with Crippen LogP contribution in [-0.4, -0.2) is 18.7 Å². The lowest BCUT2D eigenvalue weighted by Crippen LogP contribution is -1.99. The van der Waals surface area contributed by atoms with Gasteiger partial charge in [0.1, 0.15) is 0 Å². The van der Waals surface area contributed by atoms with Gasteiger partial charge >= 0.3 is 5.69 Å². The van der Waals surface area contributed by atoms with E-state index in [1.54, 1.807) is 6.92 Å². The third-order valence-corrected chi connectivity index (χ3v) is 2.07. The lowest BCUT2D eigenvalue weighted by Gasteiger charge is -2.08. The second-order valence-corrected chi connectivity index (χ2v) is 3.06. The van der Waals surface area contributed by atoms with Gasteiger partial charge in [0.15, 0.2) is 5.75 Å². The molecule has 0 bridgehead atoms. The van der Waals surface area contributed by atoms with Gasteiger partial charge in [0, 0.05) is 12.0 Å². The molecular weight excluding hydrogens is 201 g/mol. The Labute approximate surface area is 86.8 Å². The maximum Gasteiger partial charge on any atom is 0.310 e. The Balaban J connectivity index is 3.13. The van der Waals surface area contributed by atoms with E-state index in [0.29, 0.717) is 11.5 Å². The zero-order chi connectivity index (χ0) is 11.4. The maximum absolute atomic E-state index is 12.4. The SMILES string of the molecule is COc1cc([C](C)CF)ccc1[N+](=O)[O-]. The molecule has 0 aliphatic rings. The van der Waals surface area contributed by atoms with Crippen molar-refractivity contribution in [2.24, 2.45) is 0 Å². The van der Waals surface area contributed by atoms with Crippen LogP contribution < -0.4 is 4.74 Å². The lowest BCUT2D eigenvalue weighted by molar-refractivity contribution is -0.385. The van der Waals surface area contributed by atoms with Crippen molar-refractivity contribution in [1.82, 2.24) is 0 Å². The van der Waals surface area contributed by atoms with Crippen LogP contribution >= 0.6 is 0 Å². The van der Waals surface area contributed by atoms with Crippen molar-refractivity contribution >= 4 is 5.69 Å². The molecular formula is C10H11FNO3. The van der Waals surface area contributed by atoms with Crippen LogP contribution in [0.3, 0.4) is 0 Å². The minimum absolute atomic E-state index is 0.118. The van der Waals surface area contributed by atoms with Gasteiger partial charge in [-0.15, -0.1) is 0 Å². The number of rotatable bonds is 4. The monoisotopic (exact) mass is 212 g/mol. The first kappa shape index (κ1) is 11.4. The molecule has 15 heavy (non-hydrogen) atoms. The number of hydrogen-bond donors (Lipinski definition) is 0. The van der Waals surface area contributed by atoms with Crippen LogP contribution in [0.1, 0.15) is 12.5 Å². The predicted molar refractivity (Wildman–Crippen MR) is 53.6 cm³/mol. The number of alkyl halides is 1. The van der Waals surface area contributed by atoms with Gasteiger partial charge in [-0.1, -0.05) is 13.0 Å². The van der Waals surface area contributed by atoms with Crippen LogP contribution in [0.4, 0.5) is 10.1 Å². The molecule has 0 N–H and O–H groups in total. The summed E-state index contributed by atoms with van der Waals surface area (Å²) in [6.07, 6.45) is 0. The molecule has 0 aliphatic carbocycles. The highest BCUT2D eigenvalue weighted by Crippen LogP contribution is 2.30. The van der Waals surface area contributed by atoms with Crippen molar-refractivity contribution in [1.29, 1.82) is 0 Å². The van der Waals surface area contributed by atoms with Crippen molar-refractivity contribution < 1.29 is 14.1 Å². The van der Waals surface area contributed by atoms with E-state index >= 15 is 0 Å². The number of halogens is 1. The highest BCUT2D eigenvalue weighted by Gasteiger charge is 2.16. The van der Waals surface area contributed by atoms with Gasteiger partial charge in [-0.2, -0.15) is 0 Å². The van der Waals surface area contributed by atoms with Crippen LogP contribution in [-0.2, 0) is 0 Å². The normalized spacial score (nSPS) is 10.4. The molecule has 0 aromatic heterocycles. The second kappa shape index (κ2) is 4.72. The van der Waals surface area contributed by atoms with E-state index < -0.39 is 11.6 Å². The fourth-order valence-corrected chi connectivity index (χ4v) is 1.17. The molecule has 0 fully saturated rings. The summed E-state index contributed by atoms with van der Waals surface area (Å²) in [6.45, 7) is 1.04. The summed E-state index contributed by atoms with van der Waals surface area (Å²) in [6, 6.07) is 4.29. The molecule has 0 saturated carbocycles. The number of hydrogen-bond acceptors (Lipinski definition) is 3. The molecule has 0 amide bonds. The Hall–Kier alpha value is -1.65. The smallest absolute Gasteiger partial charge is 0.310 e. The molecule has 0 heterocycles. The van der Waals surface area contributed by atoms with Gasteiger partial charge in [-0.05, 0) is 11.6 Å². The zero-order valence-corrected chi connectivity index (χ0v) is 8.49. The van der Waals surface area contributed by atoms with Crippen LogP contribution in [0.2, 0.25) is 0 Å². The van der Waals surface area contributed by atoms with E-state index in [1.165, 1.54) is 25.3 Å². The first-order chi connectivity index (χ1) is 7.10. The summed E-state index contributed by atoms with van der Waals surface area (Å²) >= 11 is 0. The second-order valence-electron chi connectivity index (χ2n) is 3.06. The molecule has 0 aliphatic heterocycles. The fourth-order valence-electron chi connectivity index (χ4n) is 1.17. The number of nitrogens with zero attached hydrogens (tertiary/aromatic N) is 1. The molecule has 0 atom stereocenters. The molecule has 1 aromatic rings. The standard InChI is InChI=1S/C10H11FNO3/c1-7(6-11)8-3-4-9(12(13)14)10(5-8)15-2/h3-5H,6H2,1-2H3. The van der Waals surface area contributed by atoms with E-state index in [2.05, 4.69) is 0 Å². The number of methoxy groups -OCH3 is 1. The number of ether oxygens (including phenoxy) is 1. The van der Waals surface area contributed by atoms with Gasteiger partial charge in [0.05, 0.1) is 18.7 Å². The van der Waals surface area contributed by atoms with Crippen molar-refractivity contribution in [3.8, 4) is 5.75 Å². The van der Waals surface area contributed by atoms with Crippen molar-refractivity contribution in [3.63, 3.8) is 0 Å². The predicted octanol–water partition coefficient (Wildman–Crippen LogP) is 2.52.